The highest BCUT2D eigenvalue weighted by Crippen LogP contribution is 2.33. The minimum Gasteiger partial charge on any atom is -0.395 e. The first kappa shape index (κ1) is 11.6. The molecule has 0 spiro atoms. The SMILES string of the molecule is Cc1cccc2c1CCC2NC(CO)CO. The molecule has 3 heteroatoms. The van der Waals surface area contributed by atoms with Crippen molar-refractivity contribution in [2.45, 2.75) is 31.8 Å². The fourth-order valence-corrected chi connectivity index (χ4v) is 2.46. The van der Waals surface area contributed by atoms with Gasteiger partial charge in [-0.2, -0.15) is 0 Å². The van der Waals surface area contributed by atoms with Crippen LogP contribution in [0.3, 0.4) is 0 Å². The van der Waals surface area contributed by atoms with Crippen molar-refractivity contribution >= 4 is 0 Å². The van der Waals surface area contributed by atoms with E-state index in [0.29, 0.717) is 0 Å². The number of hydrogen-bond donors (Lipinski definition) is 3. The fraction of sp³-hybridized carbons (Fsp3) is 0.538. The standard InChI is InChI=1S/C13H19NO2/c1-9-3-2-4-12-11(9)5-6-13(12)14-10(7-15)8-16/h2-4,10,13-16H,5-8H2,1H3. The molecule has 1 aromatic carbocycles. The lowest BCUT2D eigenvalue weighted by Gasteiger charge is -2.20. The summed E-state index contributed by atoms with van der Waals surface area (Å²) in [5.41, 5.74) is 4.09. The van der Waals surface area contributed by atoms with E-state index in [1.165, 1.54) is 16.7 Å². The van der Waals surface area contributed by atoms with Gasteiger partial charge in [-0.15, -0.1) is 0 Å². The number of aliphatic hydroxyl groups excluding tert-OH is 2. The summed E-state index contributed by atoms with van der Waals surface area (Å²) in [4.78, 5) is 0. The molecule has 88 valence electrons. The topological polar surface area (TPSA) is 52.5 Å². The van der Waals surface area contributed by atoms with Crippen molar-refractivity contribution in [1.29, 1.82) is 0 Å². The highest BCUT2D eigenvalue weighted by atomic mass is 16.3. The van der Waals surface area contributed by atoms with Gasteiger partial charge < -0.3 is 15.5 Å². The Morgan fingerprint density at radius 1 is 1.38 bits per heavy atom. The Balaban J connectivity index is 2.14. The van der Waals surface area contributed by atoms with E-state index in [9.17, 15) is 0 Å². The predicted octanol–water partition coefficient (Wildman–Crippen LogP) is 0.925. The zero-order valence-corrected chi connectivity index (χ0v) is 9.61. The molecule has 1 aliphatic rings. The van der Waals surface area contributed by atoms with E-state index >= 15 is 0 Å². The molecule has 1 aromatic rings. The van der Waals surface area contributed by atoms with Crippen molar-refractivity contribution in [3.63, 3.8) is 0 Å². The maximum atomic E-state index is 9.07. The van der Waals surface area contributed by atoms with Gasteiger partial charge in [0.25, 0.3) is 0 Å². The van der Waals surface area contributed by atoms with E-state index in [4.69, 9.17) is 10.2 Å². The van der Waals surface area contributed by atoms with Crippen LogP contribution in [-0.2, 0) is 6.42 Å². The minimum atomic E-state index is -0.212. The molecular formula is C13H19NO2. The summed E-state index contributed by atoms with van der Waals surface area (Å²) in [6.45, 7) is 2.10. The average Bonchev–Trinajstić information content (AvgIpc) is 2.71. The summed E-state index contributed by atoms with van der Waals surface area (Å²) in [6, 6.07) is 6.41. The molecule has 3 nitrogen and oxygen atoms in total. The maximum absolute atomic E-state index is 9.07. The normalized spacial score (nSPS) is 19.1. The van der Waals surface area contributed by atoms with Crippen LogP contribution in [0.5, 0.6) is 0 Å². The van der Waals surface area contributed by atoms with E-state index in [2.05, 4.69) is 30.4 Å². The lowest BCUT2D eigenvalue weighted by molar-refractivity contribution is 0.162. The van der Waals surface area contributed by atoms with Crippen LogP contribution in [0, 0.1) is 6.92 Å². The van der Waals surface area contributed by atoms with Gasteiger partial charge in [-0.25, -0.2) is 0 Å². The quantitative estimate of drug-likeness (QED) is 0.709. The largest absolute Gasteiger partial charge is 0.395 e. The summed E-state index contributed by atoms with van der Waals surface area (Å²) in [7, 11) is 0. The summed E-state index contributed by atoms with van der Waals surface area (Å²) in [5.74, 6) is 0. The molecule has 0 fully saturated rings. The Morgan fingerprint density at radius 2 is 2.12 bits per heavy atom. The third-order valence-corrected chi connectivity index (χ3v) is 3.38. The first-order chi connectivity index (χ1) is 7.76. The Bertz CT molecular complexity index is 361. The molecule has 3 N–H and O–H groups in total. The van der Waals surface area contributed by atoms with Gasteiger partial charge in [-0.3, -0.25) is 0 Å². The Morgan fingerprint density at radius 3 is 2.81 bits per heavy atom. The van der Waals surface area contributed by atoms with Gasteiger partial charge in [0.05, 0.1) is 19.3 Å². The van der Waals surface area contributed by atoms with Gasteiger partial charge in [0.2, 0.25) is 0 Å². The highest BCUT2D eigenvalue weighted by Gasteiger charge is 2.24. The number of aryl methyl sites for hydroxylation is 1. The van der Waals surface area contributed by atoms with E-state index < -0.39 is 0 Å². The molecule has 16 heavy (non-hydrogen) atoms. The number of nitrogens with one attached hydrogen (secondary N) is 1. The van der Waals surface area contributed by atoms with Gasteiger partial charge in [-0.05, 0) is 36.5 Å². The second-order valence-electron chi connectivity index (χ2n) is 4.46. The fourth-order valence-electron chi connectivity index (χ4n) is 2.46. The molecule has 0 radical (unpaired) electrons. The van der Waals surface area contributed by atoms with Crippen LogP contribution in [0.15, 0.2) is 18.2 Å². The van der Waals surface area contributed by atoms with Crippen LogP contribution in [0.4, 0.5) is 0 Å². The smallest absolute Gasteiger partial charge is 0.0607 e. The third kappa shape index (κ3) is 2.12. The summed E-state index contributed by atoms with van der Waals surface area (Å²) in [6.07, 6.45) is 2.14. The molecule has 0 saturated heterocycles. The van der Waals surface area contributed by atoms with E-state index in [1.54, 1.807) is 0 Å². The molecule has 0 amide bonds. The molecule has 1 unspecified atom stereocenters. The number of benzene rings is 1. The van der Waals surface area contributed by atoms with Crippen LogP contribution in [0.1, 0.15) is 29.2 Å². The second kappa shape index (κ2) is 4.95. The molecule has 1 aliphatic carbocycles. The van der Waals surface area contributed by atoms with E-state index in [0.717, 1.165) is 12.8 Å². The van der Waals surface area contributed by atoms with Crippen LogP contribution >= 0.6 is 0 Å². The molecule has 1 atom stereocenters. The molecule has 0 heterocycles. The highest BCUT2D eigenvalue weighted by molar-refractivity contribution is 5.40. The first-order valence-corrected chi connectivity index (χ1v) is 5.82. The first-order valence-electron chi connectivity index (χ1n) is 5.82. The molecular weight excluding hydrogens is 202 g/mol. The van der Waals surface area contributed by atoms with Crippen molar-refractivity contribution in [3.8, 4) is 0 Å². The predicted molar refractivity (Wildman–Crippen MR) is 63.3 cm³/mol. The van der Waals surface area contributed by atoms with E-state index in [-0.39, 0.29) is 25.3 Å². The van der Waals surface area contributed by atoms with Gasteiger partial charge in [-0.1, -0.05) is 18.2 Å². The zero-order chi connectivity index (χ0) is 11.5. The van der Waals surface area contributed by atoms with Gasteiger partial charge in [0, 0.05) is 6.04 Å². The molecule has 0 bridgehead atoms. The zero-order valence-electron chi connectivity index (χ0n) is 9.61. The summed E-state index contributed by atoms with van der Waals surface area (Å²) in [5, 5.41) is 21.4. The lowest BCUT2D eigenvalue weighted by Crippen LogP contribution is -2.37. The Labute approximate surface area is 96.1 Å². The molecule has 0 aromatic heterocycles. The molecule has 0 saturated carbocycles. The van der Waals surface area contributed by atoms with Crippen LogP contribution in [0.2, 0.25) is 0 Å². The van der Waals surface area contributed by atoms with Crippen molar-refractivity contribution in [2.24, 2.45) is 0 Å². The third-order valence-electron chi connectivity index (χ3n) is 3.38. The van der Waals surface area contributed by atoms with Crippen LogP contribution < -0.4 is 5.32 Å². The average molecular weight is 221 g/mol. The number of aliphatic hydroxyl groups is 2. The minimum absolute atomic E-state index is 0.0197. The van der Waals surface area contributed by atoms with E-state index in [1.807, 2.05) is 0 Å². The Hall–Kier alpha value is -0.900. The maximum Gasteiger partial charge on any atom is 0.0607 e. The Kier molecular flexibility index (Phi) is 3.59. The summed E-state index contributed by atoms with van der Waals surface area (Å²) >= 11 is 0. The van der Waals surface area contributed by atoms with Crippen molar-refractivity contribution in [2.75, 3.05) is 13.2 Å². The van der Waals surface area contributed by atoms with Gasteiger partial charge >= 0.3 is 0 Å². The number of rotatable bonds is 4. The molecule has 0 aliphatic heterocycles. The van der Waals surface area contributed by atoms with Crippen molar-refractivity contribution < 1.29 is 10.2 Å². The molecule has 2 rings (SSSR count). The van der Waals surface area contributed by atoms with Gasteiger partial charge in [0.15, 0.2) is 0 Å². The number of fused-ring (bicyclic) bond motifs is 1. The van der Waals surface area contributed by atoms with Crippen molar-refractivity contribution in [1.82, 2.24) is 5.32 Å². The van der Waals surface area contributed by atoms with Crippen molar-refractivity contribution in [3.05, 3.63) is 34.9 Å². The van der Waals surface area contributed by atoms with Crippen LogP contribution in [-0.4, -0.2) is 29.5 Å². The lowest BCUT2D eigenvalue weighted by atomic mass is 10.0. The number of hydrogen-bond acceptors (Lipinski definition) is 3. The van der Waals surface area contributed by atoms with Crippen LogP contribution in [0.25, 0.3) is 0 Å². The van der Waals surface area contributed by atoms with Gasteiger partial charge in [0.1, 0.15) is 0 Å². The second-order valence-corrected chi connectivity index (χ2v) is 4.46. The summed E-state index contributed by atoms with van der Waals surface area (Å²) < 4.78 is 0. The monoisotopic (exact) mass is 221 g/mol.